The van der Waals surface area contributed by atoms with Gasteiger partial charge >= 0.3 is 0 Å². The van der Waals surface area contributed by atoms with Crippen molar-refractivity contribution in [3.63, 3.8) is 0 Å². The Morgan fingerprint density at radius 3 is 2.85 bits per heavy atom. The number of morpholine rings is 1. The summed E-state index contributed by atoms with van der Waals surface area (Å²) < 4.78 is 67.3. The summed E-state index contributed by atoms with van der Waals surface area (Å²) in [5.41, 5.74) is 1.62. The summed E-state index contributed by atoms with van der Waals surface area (Å²) in [5, 5.41) is 18.4. The smallest absolute Gasteiger partial charge is 0.152 e. The van der Waals surface area contributed by atoms with Crippen LogP contribution >= 0.6 is 11.3 Å². The van der Waals surface area contributed by atoms with Crippen LogP contribution in [-0.2, 0) is 16.0 Å². The molecular weight excluding hydrogens is 350 g/mol. The topological polar surface area (TPSA) is 81.1 Å². The Hall–Kier alpha value is -2.29. The van der Waals surface area contributed by atoms with Crippen molar-refractivity contribution in [3.05, 3.63) is 35.0 Å². The molecule has 1 aliphatic heterocycles. The first-order chi connectivity index (χ1) is 15.6. The molecule has 0 bridgehead atoms. The van der Waals surface area contributed by atoms with E-state index in [1.165, 1.54) is 11.3 Å². The third-order valence-electron chi connectivity index (χ3n) is 3.58. The number of nitrogens with zero attached hydrogens (tertiary/aromatic N) is 5. The molecule has 2 aromatic heterocycles. The lowest BCUT2D eigenvalue weighted by molar-refractivity contribution is -0.120. The second-order valence-electron chi connectivity index (χ2n) is 5.57. The van der Waals surface area contributed by atoms with E-state index in [1.54, 1.807) is 12.1 Å². The van der Waals surface area contributed by atoms with E-state index in [-0.39, 0.29) is 17.0 Å². The lowest BCUT2D eigenvalue weighted by Gasteiger charge is -2.25. The summed E-state index contributed by atoms with van der Waals surface area (Å²) in [7, 11) is 0. The van der Waals surface area contributed by atoms with Crippen LogP contribution in [0.1, 0.15) is 21.7 Å². The van der Waals surface area contributed by atoms with Crippen molar-refractivity contribution in [3.8, 4) is 10.6 Å². The fraction of sp³-hybridized carbons (Fsp3) is 0.389. The standard InChI is InChI=1S/C18H19N5O2S/c1-12-19-22-18(26-12)13-2-3-17-14(8-13)9-15(20-21-17)10-16(24)11-23-4-6-25-7-5-23/h2-3,8-9H,4-7,10-11H2,1H3/i4D2,5D2,6D2,7D2. The first kappa shape index (κ1) is 10.1. The summed E-state index contributed by atoms with van der Waals surface area (Å²) in [4.78, 5) is 13.0. The highest BCUT2D eigenvalue weighted by molar-refractivity contribution is 7.14. The van der Waals surface area contributed by atoms with Gasteiger partial charge in [0.05, 0.1) is 42.8 Å². The number of rotatable bonds is 5. The van der Waals surface area contributed by atoms with Crippen LogP contribution in [0.25, 0.3) is 21.5 Å². The van der Waals surface area contributed by atoms with E-state index in [0.29, 0.717) is 15.9 Å². The Balaban J connectivity index is 1.58. The monoisotopic (exact) mass is 377 g/mol. The molecule has 0 spiro atoms. The molecule has 3 heterocycles. The van der Waals surface area contributed by atoms with Crippen LogP contribution in [0.5, 0.6) is 0 Å². The molecule has 3 aromatic rings. The van der Waals surface area contributed by atoms with Gasteiger partial charge in [-0.05, 0) is 31.2 Å². The van der Waals surface area contributed by atoms with E-state index in [4.69, 9.17) is 11.0 Å². The molecule has 1 aromatic carbocycles. The van der Waals surface area contributed by atoms with Gasteiger partial charge in [-0.1, -0.05) is 11.3 Å². The molecule has 0 saturated carbocycles. The molecule has 7 nitrogen and oxygen atoms in total. The SMILES string of the molecule is [2H]C1([2H])OC([2H])([2H])C([2H])([2H])N(CC(=O)Cc2cc3cc(-c4nnc(C)s4)ccc3nn2)C1([2H])[2H]. The molecule has 4 rings (SSSR count). The van der Waals surface area contributed by atoms with Crippen molar-refractivity contribution in [2.24, 2.45) is 0 Å². The average Bonchev–Trinajstić information content (AvgIpc) is 3.16. The first-order valence-corrected chi connectivity index (χ1v) is 8.52. The number of ether oxygens (including phenoxy) is 1. The van der Waals surface area contributed by atoms with Crippen LogP contribution in [0, 0.1) is 6.92 Å². The summed E-state index contributed by atoms with van der Waals surface area (Å²) in [6, 6.07) is 7.02. The van der Waals surface area contributed by atoms with Gasteiger partial charge in [0, 0.05) is 29.4 Å². The van der Waals surface area contributed by atoms with Gasteiger partial charge in [0.1, 0.15) is 10.0 Å². The van der Waals surface area contributed by atoms with E-state index in [1.807, 2.05) is 19.1 Å². The predicted molar refractivity (Wildman–Crippen MR) is 99.1 cm³/mol. The molecule has 8 heteroatoms. The Morgan fingerprint density at radius 2 is 2.08 bits per heavy atom. The molecule has 1 fully saturated rings. The highest BCUT2D eigenvalue weighted by Crippen LogP contribution is 2.26. The normalized spacial score (nSPS) is 27.7. The summed E-state index contributed by atoms with van der Waals surface area (Å²) >= 11 is 1.42. The molecule has 0 radical (unpaired) electrons. The Morgan fingerprint density at radius 1 is 1.23 bits per heavy atom. The lowest BCUT2D eigenvalue weighted by atomic mass is 10.1. The zero-order chi connectivity index (χ0) is 25.1. The van der Waals surface area contributed by atoms with Gasteiger partial charge in [-0.2, -0.15) is 10.2 Å². The number of carbonyl (C=O) groups is 1. The van der Waals surface area contributed by atoms with Crippen molar-refractivity contribution in [2.75, 3.05) is 32.7 Å². The second kappa shape index (κ2) is 7.53. The van der Waals surface area contributed by atoms with Gasteiger partial charge in [0.25, 0.3) is 0 Å². The van der Waals surface area contributed by atoms with Crippen molar-refractivity contribution >= 4 is 28.0 Å². The fourth-order valence-electron chi connectivity index (χ4n) is 2.44. The maximum atomic E-state index is 12.8. The van der Waals surface area contributed by atoms with Crippen LogP contribution in [0.15, 0.2) is 24.3 Å². The molecule has 1 aliphatic rings. The summed E-state index contributed by atoms with van der Waals surface area (Å²) in [6.07, 6.45) is -0.347. The Kier molecular flexibility index (Phi) is 2.94. The van der Waals surface area contributed by atoms with Crippen LogP contribution in [-0.4, -0.2) is 63.7 Å². The molecule has 134 valence electrons. The van der Waals surface area contributed by atoms with E-state index < -0.39 is 38.4 Å². The number of fused-ring (bicyclic) bond motifs is 1. The minimum atomic E-state index is -3.20. The number of carbonyl (C=O) groups excluding carboxylic acids is 1. The largest absolute Gasteiger partial charge is 0.379 e. The number of aromatic nitrogens is 4. The minimum absolute atomic E-state index is 0.218. The third-order valence-corrected chi connectivity index (χ3v) is 4.47. The third kappa shape index (κ3) is 3.92. The number of Topliss-reactive ketones (excluding diaryl/α,β-unsaturated/α-hetero) is 1. The second-order valence-corrected chi connectivity index (χ2v) is 6.75. The van der Waals surface area contributed by atoms with Crippen molar-refractivity contribution in [1.29, 1.82) is 0 Å². The number of aryl methyl sites for hydroxylation is 1. The molecule has 1 saturated heterocycles. The lowest BCUT2D eigenvalue weighted by Crippen LogP contribution is -2.40. The molecule has 26 heavy (non-hydrogen) atoms. The molecule has 0 N–H and O–H groups in total. The maximum absolute atomic E-state index is 12.8. The van der Waals surface area contributed by atoms with E-state index in [0.717, 1.165) is 10.6 Å². The van der Waals surface area contributed by atoms with E-state index in [9.17, 15) is 4.79 Å². The molecule has 0 amide bonds. The van der Waals surface area contributed by atoms with Gasteiger partial charge < -0.3 is 4.74 Å². The highest BCUT2D eigenvalue weighted by Gasteiger charge is 2.15. The van der Waals surface area contributed by atoms with Gasteiger partial charge in [-0.25, -0.2) is 0 Å². The summed E-state index contributed by atoms with van der Waals surface area (Å²) in [5.74, 6) is -0.703. The zero-order valence-corrected chi connectivity index (χ0v) is 14.5. The quantitative estimate of drug-likeness (QED) is 0.672. The van der Waals surface area contributed by atoms with Gasteiger partial charge in [-0.15, -0.1) is 10.2 Å². The highest BCUT2D eigenvalue weighted by atomic mass is 32.1. The van der Waals surface area contributed by atoms with Gasteiger partial charge in [-0.3, -0.25) is 9.69 Å². The predicted octanol–water partition coefficient (Wildman–Crippen LogP) is 1.90. The fourth-order valence-corrected chi connectivity index (χ4v) is 3.13. The van der Waals surface area contributed by atoms with Crippen molar-refractivity contribution in [2.45, 2.75) is 13.3 Å². The van der Waals surface area contributed by atoms with E-state index in [2.05, 4.69) is 25.1 Å². The molecular formula is C18H19N5O2S. The summed E-state index contributed by atoms with van der Waals surface area (Å²) in [6.45, 7) is -11.7. The molecule has 0 atom stereocenters. The number of ketones is 1. The van der Waals surface area contributed by atoms with Crippen molar-refractivity contribution < 1.29 is 20.5 Å². The average molecular weight is 377 g/mol. The van der Waals surface area contributed by atoms with E-state index >= 15 is 0 Å². The molecule has 0 aliphatic carbocycles. The van der Waals surface area contributed by atoms with Gasteiger partial charge in [0.15, 0.2) is 5.78 Å². The maximum Gasteiger partial charge on any atom is 0.152 e. The molecule has 0 unspecified atom stereocenters. The Labute approximate surface area is 166 Å². The van der Waals surface area contributed by atoms with Crippen LogP contribution in [0.3, 0.4) is 0 Å². The van der Waals surface area contributed by atoms with Crippen molar-refractivity contribution in [1.82, 2.24) is 25.3 Å². The van der Waals surface area contributed by atoms with Crippen LogP contribution < -0.4 is 0 Å². The van der Waals surface area contributed by atoms with Gasteiger partial charge in [0.2, 0.25) is 0 Å². The van der Waals surface area contributed by atoms with Crippen LogP contribution in [0.2, 0.25) is 0 Å². The van der Waals surface area contributed by atoms with Crippen LogP contribution in [0.4, 0.5) is 0 Å². The Bertz CT molecular complexity index is 1240. The number of benzene rings is 1. The zero-order valence-electron chi connectivity index (χ0n) is 21.7. The minimum Gasteiger partial charge on any atom is -0.379 e. The number of hydrogen-bond acceptors (Lipinski definition) is 8. The number of hydrogen-bond donors (Lipinski definition) is 0. The first-order valence-electron chi connectivity index (χ1n) is 11.7.